The van der Waals surface area contributed by atoms with Crippen LogP contribution in [0.2, 0.25) is 0 Å². The van der Waals surface area contributed by atoms with Crippen LogP contribution in [0.5, 0.6) is 0 Å². The Labute approximate surface area is 211 Å². The van der Waals surface area contributed by atoms with Gasteiger partial charge in [-0.15, -0.1) is 0 Å². The van der Waals surface area contributed by atoms with E-state index in [0.29, 0.717) is 0 Å². The second kappa shape index (κ2) is 9.49. The molecule has 7 nitrogen and oxygen atoms in total. The van der Waals surface area contributed by atoms with Gasteiger partial charge < -0.3 is 20.2 Å². The SMILES string of the molecule is C/C(=C\c1nc(C2=NCCCN2)cn1C)c1ccc(-c2cc3ccc(C4=NCCCN4)cc3[nH]2)cc1. The van der Waals surface area contributed by atoms with Gasteiger partial charge >= 0.3 is 0 Å². The first-order valence-corrected chi connectivity index (χ1v) is 12.7. The summed E-state index contributed by atoms with van der Waals surface area (Å²) in [7, 11) is 2.03. The molecule has 2 aromatic heterocycles. The molecule has 2 aliphatic heterocycles. The van der Waals surface area contributed by atoms with Crippen LogP contribution in [0.3, 0.4) is 0 Å². The number of amidine groups is 2. The van der Waals surface area contributed by atoms with Gasteiger partial charge in [-0.2, -0.15) is 0 Å². The van der Waals surface area contributed by atoms with E-state index >= 15 is 0 Å². The van der Waals surface area contributed by atoms with Crippen LogP contribution in [0.25, 0.3) is 33.8 Å². The van der Waals surface area contributed by atoms with E-state index < -0.39 is 0 Å². The number of fused-ring (bicyclic) bond motifs is 1. The molecule has 7 heteroatoms. The molecule has 0 aliphatic carbocycles. The number of hydrogen-bond acceptors (Lipinski definition) is 5. The Kier molecular flexibility index (Phi) is 5.89. The number of nitrogens with zero attached hydrogens (tertiary/aromatic N) is 4. The predicted octanol–water partition coefficient (Wildman–Crippen LogP) is 4.61. The van der Waals surface area contributed by atoms with Gasteiger partial charge in [-0.25, -0.2) is 4.98 Å². The van der Waals surface area contributed by atoms with E-state index in [1.54, 1.807) is 0 Å². The first kappa shape index (κ1) is 22.3. The monoisotopic (exact) mass is 477 g/mol. The molecule has 0 bridgehead atoms. The first-order valence-electron chi connectivity index (χ1n) is 12.7. The number of hydrogen-bond donors (Lipinski definition) is 3. The smallest absolute Gasteiger partial charge is 0.148 e. The Morgan fingerprint density at radius 2 is 1.61 bits per heavy atom. The van der Waals surface area contributed by atoms with E-state index in [1.807, 2.05) is 13.2 Å². The average molecular weight is 478 g/mol. The summed E-state index contributed by atoms with van der Waals surface area (Å²) in [5.74, 6) is 2.81. The average Bonchev–Trinajstić information content (AvgIpc) is 3.52. The van der Waals surface area contributed by atoms with E-state index in [2.05, 4.69) is 91.7 Å². The Hall–Kier alpha value is -4.13. The summed E-state index contributed by atoms with van der Waals surface area (Å²) in [5.41, 5.74) is 7.79. The van der Waals surface area contributed by atoms with Gasteiger partial charge in [0.2, 0.25) is 0 Å². The molecule has 4 heterocycles. The Balaban J connectivity index is 1.23. The summed E-state index contributed by atoms with van der Waals surface area (Å²) in [4.78, 5) is 17.6. The molecule has 0 spiro atoms. The molecule has 4 aromatic rings. The van der Waals surface area contributed by atoms with Crippen LogP contribution in [0.4, 0.5) is 0 Å². The van der Waals surface area contributed by atoms with Crippen molar-refractivity contribution < 1.29 is 0 Å². The fourth-order valence-electron chi connectivity index (χ4n) is 4.78. The third kappa shape index (κ3) is 4.44. The van der Waals surface area contributed by atoms with E-state index in [4.69, 9.17) is 4.98 Å². The molecule has 6 rings (SSSR count). The molecular formula is C29H31N7. The molecule has 0 radical (unpaired) electrons. The second-order valence-electron chi connectivity index (χ2n) is 9.51. The summed E-state index contributed by atoms with van der Waals surface area (Å²) in [5, 5.41) is 7.97. The van der Waals surface area contributed by atoms with Crippen molar-refractivity contribution in [1.82, 2.24) is 25.2 Å². The number of aryl methyl sites for hydroxylation is 1. The number of aliphatic imine (C=N–C) groups is 2. The molecule has 0 unspecified atom stereocenters. The van der Waals surface area contributed by atoms with Crippen molar-refractivity contribution in [1.29, 1.82) is 0 Å². The quantitative estimate of drug-likeness (QED) is 0.393. The summed E-state index contributed by atoms with van der Waals surface area (Å²) in [6, 6.07) is 17.4. The zero-order valence-electron chi connectivity index (χ0n) is 20.8. The molecule has 0 saturated heterocycles. The number of imidazole rings is 1. The third-order valence-electron chi connectivity index (χ3n) is 6.84. The van der Waals surface area contributed by atoms with Gasteiger partial charge in [-0.3, -0.25) is 9.98 Å². The summed E-state index contributed by atoms with van der Waals surface area (Å²) < 4.78 is 2.05. The number of nitrogens with one attached hydrogen (secondary N) is 3. The van der Waals surface area contributed by atoms with Crippen LogP contribution in [0.1, 0.15) is 42.4 Å². The zero-order chi connectivity index (χ0) is 24.5. The molecule has 0 atom stereocenters. The normalized spacial score (nSPS) is 16.3. The maximum Gasteiger partial charge on any atom is 0.148 e. The summed E-state index contributed by atoms with van der Waals surface area (Å²) in [6.07, 6.45) is 6.34. The van der Waals surface area contributed by atoms with Gasteiger partial charge in [0.1, 0.15) is 23.2 Å². The minimum Gasteiger partial charge on any atom is -0.370 e. The lowest BCUT2D eigenvalue weighted by molar-refractivity contribution is 0.740. The van der Waals surface area contributed by atoms with Crippen LogP contribution in [0.15, 0.2) is 64.7 Å². The van der Waals surface area contributed by atoms with Crippen molar-refractivity contribution in [3.63, 3.8) is 0 Å². The van der Waals surface area contributed by atoms with Crippen LogP contribution in [-0.4, -0.2) is 52.4 Å². The Morgan fingerprint density at radius 1 is 0.889 bits per heavy atom. The van der Waals surface area contributed by atoms with Crippen LogP contribution in [0, 0.1) is 0 Å². The highest BCUT2D eigenvalue weighted by atomic mass is 15.1. The van der Waals surface area contributed by atoms with E-state index in [-0.39, 0.29) is 0 Å². The van der Waals surface area contributed by atoms with Gasteiger partial charge in [0, 0.05) is 61.6 Å². The van der Waals surface area contributed by atoms with Gasteiger partial charge in [0.25, 0.3) is 0 Å². The standard InChI is InChI=1S/C29H31N7/c1-19(15-27-35-26(18-36(27)2)29-32-13-4-14-33-29)20-5-7-21(8-6-20)24-16-22-9-10-23(17-25(22)34-24)28-30-11-3-12-31-28/h5-10,15-18,34H,3-4,11-14H2,1-2H3,(H,30,31)(H,32,33)/b19-15+. The maximum absolute atomic E-state index is 4.80. The number of rotatable bonds is 5. The number of H-pyrrole nitrogens is 1. The van der Waals surface area contributed by atoms with Crippen molar-refractivity contribution in [2.45, 2.75) is 19.8 Å². The fourth-order valence-corrected chi connectivity index (χ4v) is 4.78. The van der Waals surface area contributed by atoms with Gasteiger partial charge in [-0.05, 0) is 54.7 Å². The molecule has 0 fully saturated rings. The van der Waals surface area contributed by atoms with Gasteiger partial charge in [0.15, 0.2) is 0 Å². The lowest BCUT2D eigenvalue weighted by atomic mass is 10.0. The topological polar surface area (TPSA) is 82.4 Å². The largest absolute Gasteiger partial charge is 0.370 e. The summed E-state index contributed by atoms with van der Waals surface area (Å²) in [6.45, 7) is 5.83. The maximum atomic E-state index is 4.80. The molecule has 0 amide bonds. The molecule has 36 heavy (non-hydrogen) atoms. The lowest BCUT2D eigenvalue weighted by Gasteiger charge is -2.14. The Bertz CT molecular complexity index is 1500. The van der Waals surface area contributed by atoms with Crippen molar-refractivity contribution in [3.8, 4) is 11.3 Å². The minimum absolute atomic E-state index is 0.861. The third-order valence-corrected chi connectivity index (χ3v) is 6.84. The minimum atomic E-state index is 0.861. The van der Waals surface area contributed by atoms with E-state index in [1.165, 1.54) is 16.5 Å². The molecule has 3 N–H and O–H groups in total. The van der Waals surface area contributed by atoms with E-state index in [0.717, 1.165) is 84.5 Å². The molecule has 182 valence electrons. The highest BCUT2D eigenvalue weighted by molar-refractivity contribution is 6.02. The van der Waals surface area contributed by atoms with Crippen LogP contribution >= 0.6 is 0 Å². The van der Waals surface area contributed by atoms with Crippen molar-refractivity contribution in [2.24, 2.45) is 17.0 Å². The van der Waals surface area contributed by atoms with Crippen LogP contribution in [-0.2, 0) is 7.05 Å². The number of aromatic nitrogens is 3. The molecular weight excluding hydrogens is 446 g/mol. The van der Waals surface area contributed by atoms with Gasteiger partial charge in [-0.1, -0.05) is 36.4 Å². The number of aromatic amines is 1. The summed E-state index contributed by atoms with van der Waals surface area (Å²) >= 11 is 0. The number of benzene rings is 2. The zero-order valence-corrected chi connectivity index (χ0v) is 20.8. The molecule has 0 saturated carbocycles. The number of allylic oxidation sites excluding steroid dienone is 1. The Morgan fingerprint density at radius 3 is 2.33 bits per heavy atom. The second-order valence-corrected chi connectivity index (χ2v) is 9.51. The van der Waals surface area contributed by atoms with Crippen molar-refractivity contribution in [3.05, 3.63) is 77.4 Å². The van der Waals surface area contributed by atoms with E-state index in [9.17, 15) is 0 Å². The fraction of sp³-hybridized carbons (Fsp3) is 0.276. The lowest BCUT2D eigenvalue weighted by Crippen LogP contribution is -2.30. The highest BCUT2D eigenvalue weighted by Crippen LogP contribution is 2.27. The highest BCUT2D eigenvalue weighted by Gasteiger charge is 2.13. The van der Waals surface area contributed by atoms with Crippen molar-refractivity contribution in [2.75, 3.05) is 26.2 Å². The predicted molar refractivity (Wildman–Crippen MR) is 149 cm³/mol. The van der Waals surface area contributed by atoms with Crippen LogP contribution < -0.4 is 10.6 Å². The van der Waals surface area contributed by atoms with Crippen molar-refractivity contribution >= 4 is 34.2 Å². The molecule has 2 aliphatic rings. The molecule has 2 aromatic carbocycles. The van der Waals surface area contributed by atoms with Gasteiger partial charge in [0.05, 0.1) is 0 Å². The first-order chi connectivity index (χ1) is 17.6.